The molecule has 0 spiro atoms. The number of aliphatic hydroxyl groups excluding tert-OH is 2. The summed E-state index contributed by atoms with van der Waals surface area (Å²) in [5.41, 5.74) is 0. The molecule has 4 nitrogen and oxygen atoms in total. The first-order valence-corrected chi connectivity index (χ1v) is 14.9. The second-order valence-corrected chi connectivity index (χ2v) is 10.2. The lowest BCUT2D eigenvalue weighted by Gasteiger charge is -2.22. The normalized spacial score (nSPS) is 13.4. The van der Waals surface area contributed by atoms with Crippen LogP contribution in [0.3, 0.4) is 0 Å². The van der Waals surface area contributed by atoms with Gasteiger partial charge in [-0.05, 0) is 38.5 Å². The summed E-state index contributed by atoms with van der Waals surface area (Å²) in [6, 6.07) is -0.543. The number of carbonyl (C=O) groups excluding carboxylic acids is 1. The number of carbonyl (C=O) groups is 1. The average molecular weight is 482 g/mol. The zero-order chi connectivity index (χ0) is 25.1. The topological polar surface area (TPSA) is 69.6 Å². The number of aliphatic hydroxyl groups is 2. The smallest absolute Gasteiger partial charge is 0.220 e. The molecule has 3 N–H and O–H groups in total. The van der Waals surface area contributed by atoms with Crippen molar-refractivity contribution in [2.45, 2.75) is 167 Å². The summed E-state index contributed by atoms with van der Waals surface area (Å²) in [6.45, 7) is 4.29. The number of hydrogen-bond acceptors (Lipinski definition) is 3. The van der Waals surface area contributed by atoms with Crippen molar-refractivity contribution < 1.29 is 15.0 Å². The number of allylic oxidation sites excluding steroid dienone is 2. The molecular weight excluding hydrogens is 422 g/mol. The van der Waals surface area contributed by atoms with Crippen LogP contribution in [0, 0.1) is 0 Å². The quantitative estimate of drug-likeness (QED) is 0.0865. The summed E-state index contributed by atoms with van der Waals surface area (Å²) in [7, 11) is 0. The third-order valence-electron chi connectivity index (χ3n) is 6.78. The van der Waals surface area contributed by atoms with Crippen molar-refractivity contribution in [1.82, 2.24) is 5.32 Å². The van der Waals surface area contributed by atoms with Crippen molar-refractivity contribution in [3.8, 4) is 0 Å². The molecule has 0 unspecified atom stereocenters. The van der Waals surface area contributed by atoms with E-state index in [9.17, 15) is 15.0 Å². The monoisotopic (exact) mass is 481 g/mol. The summed E-state index contributed by atoms with van der Waals surface area (Å²) >= 11 is 0. The molecule has 0 aliphatic carbocycles. The number of nitrogens with one attached hydrogen (secondary N) is 1. The fourth-order valence-electron chi connectivity index (χ4n) is 4.41. The standard InChI is InChI=1S/C30H59NO3/c1-3-5-7-9-11-13-15-16-18-20-22-24-26-30(34)31-28(27-32)29(33)25-23-21-19-17-14-12-10-8-6-4-2/h14,17,28-29,32-33H,3-13,15-16,18-27H2,1-2H3,(H,31,34)/b17-14+/t28-,29+/m0/s1. The number of unbranched alkanes of at least 4 members (excludes halogenated alkanes) is 17. The minimum atomic E-state index is -0.672. The Balaban J connectivity index is 3.64. The van der Waals surface area contributed by atoms with E-state index >= 15 is 0 Å². The molecule has 0 aliphatic rings. The highest BCUT2D eigenvalue weighted by atomic mass is 16.3. The number of rotatable bonds is 26. The molecule has 4 heteroatoms. The van der Waals surface area contributed by atoms with Gasteiger partial charge in [0.15, 0.2) is 0 Å². The Morgan fingerprint density at radius 2 is 1.12 bits per heavy atom. The van der Waals surface area contributed by atoms with Gasteiger partial charge in [-0.15, -0.1) is 0 Å². The number of amides is 1. The molecule has 0 rings (SSSR count). The van der Waals surface area contributed by atoms with E-state index in [0.29, 0.717) is 12.8 Å². The number of hydrogen-bond donors (Lipinski definition) is 3. The van der Waals surface area contributed by atoms with Gasteiger partial charge in [-0.3, -0.25) is 4.79 Å². The second-order valence-electron chi connectivity index (χ2n) is 10.2. The van der Waals surface area contributed by atoms with Gasteiger partial charge in [0.05, 0.1) is 18.8 Å². The molecule has 0 aliphatic heterocycles. The fraction of sp³-hybridized carbons (Fsp3) is 0.900. The molecule has 0 bridgehead atoms. The van der Waals surface area contributed by atoms with Gasteiger partial charge < -0.3 is 15.5 Å². The van der Waals surface area contributed by atoms with Crippen molar-refractivity contribution in [2.75, 3.05) is 6.61 Å². The summed E-state index contributed by atoms with van der Waals surface area (Å²) in [5.74, 6) is -0.0452. The zero-order valence-electron chi connectivity index (χ0n) is 22.9. The minimum absolute atomic E-state index is 0.0452. The molecule has 1 amide bonds. The maximum absolute atomic E-state index is 12.2. The first-order valence-electron chi connectivity index (χ1n) is 14.9. The zero-order valence-corrected chi connectivity index (χ0v) is 22.9. The van der Waals surface area contributed by atoms with E-state index in [2.05, 4.69) is 31.3 Å². The molecule has 0 aromatic rings. The maximum Gasteiger partial charge on any atom is 0.220 e. The molecule has 0 aromatic heterocycles. The van der Waals surface area contributed by atoms with Crippen molar-refractivity contribution in [1.29, 1.82) is 0 Å². The second kappa shape index (κ2) is 26.7. The van der Waals surface area contributed by atoms with Crippen LogP contribution in [-0.4, -0.2) is 34.9 Å². The molecule has 0 heterocycles. The Labute approximate surface area is 212 Å². The van der Waals surface area contributed by atoms with Crippen molar-refractivity contribution in [3.63, 3.8) is 0 Å². The molecular formula is C30H59NO3. The van der Waals surface area contributed by atoms with E-state index in [4.69, 9.17) is 0 Å². The molecule has 0 radical (unpaired) electrons. The van der Waals surface area contributed by atoms with Gasteiger partial charge in [0.1, 0.15) is 0 Å². The Hall–Kier alpha value is -0.870. The van der Waals surface area contributed by atoms with E-state index in [1.54, 1.807) is 0 Å². The predicted octanol–water partition coefficient (Wildman–Crippen LogP) is 8.00. The Morgan fingerprint density at radius 3 is 1.62 bits per heavy atom. The highest BCUT2D eigenvalue weighted by molar-refractivity contribution is 5.76. The third-order valence-corrected chi connectivity index (χ3v) is 6.78. The van der Waals surface area contributed by atoms with Gasteiger partial charge in [0.2, 0.25) is 5.91 Å². The van der Waals surface area contributed by atoms with E-state index in [1.165, 1.54) is 96.3 Å². The fourth-order valence-corrected chi connectivity index (χ4v) is 4.41. The van der Waals surface area contributed by atoms with Crippen LogP contribution in [0.2, 0.25) is 0 Å². The maximum atomic E-state index is 12.2. The van der Waals surface area contributed by atoms with Crippen LogP contribution in [0.25, 0.3) is 0 Å². The Kier molecular flexibility index (Phi) is 26.0. The van der Waals surface area contributed by atoms with E-state index < -0.39 is 12.1 Å². The van der Waals surface area contributed by atoms with E-state index in [0.717, 1.165) is 32.1 Å². The van der Waals surface area contributed by atoms with Crippen molar-refractivity contribution >= 4 is 5.91 Å². The van der Waals surface area contributed by atoms with Crippen LogP contribution < -0.4 is 5.32 Å². The Morgan fingerprint density at radius 1 is 0.676 bits per heavy atom. The van der Waals surface area contributed by atoms with Gasteiger partial charge in [-0.1, -0.05) is 122 Å². The van der Waals surface area contributed by atoms with Crippen LogP contribution in [-0.2, 0) is 4.79 Å². The summed E-state index contributed by atoms with van der Waals surface area (Å²) in [5, 5.41) is 22.8. The third kappa shape index (κ3) is 22.9. The van der Waals surface area contributed by atoms with Gasteiger partial charge in [0.25, 0.3) is 0 Å². The van der Waals surface area contributed by atoms with Crippen LogP contribution >= 0.6 is 0 Å². The van der Waals surface area contributed by atoms with Crippen LogP contribution in [0.15, 0.2) is 12.2 Å². The summed E-state index contributed by atoms with van der Waals surface area (Å²) in [6.07, 6.45) is 29.6. The van der Waals surface area contributed by atoms with Gasteiger partial charge in [-0.2, -0.15) is 0 Å². The summed E-state index contributed by atoms with van der Waals surface area (Å²) < 4.78 is 0. The van der Waals surface area contributed by atoms with Crippen molar-refractivity contribution in [3.05, 3.63) is 12.2 Å². The lowest BCUT2D eigenvalue weighted by Crippen LogP contribution is -2.45. The summed E-state index contributed by atoms with van der Waals surface area (Å²) in [4.78, 5) is 12.2. The molecule has 0 aromatic carbocycles. The Bertz CT molecular complexity index is 452. The molecule has 0 saturated heterocycles. The lowest BCUT2D eigenvalue weighted by atomic mass is 10.0. The molecule has 202 valence electrons. The average Bonchev–Trinajstić information content (AvgIpc) is 2.84. The molecule has 2 atom stereocenters. The minimum Gasteiger partial charge on any atom is -0.394 e. The predicted molar refractivity (Wildman–Crippen MR) is 147 cm³/mol. The van der Waals surface area contributed by atoms with Gasteiger partial charge in [-0.25, -0.2) is 0 Å². The van der Waals surface area contributed by atoms with Gasteiger partial charge in [0, 0.05) is 6.42 Å². The molecule has 0 saturated carbocycles. The lowest BCUT2D eigenvalue weighted by molar-refractivity contribution is -0.123. The first kappa shape index (κ1) is 33.1. The van der Waals surface area contributed by atoms with E-state index in [-0.39, 0.29) is 12.5 Å². The molecule has 34 heavy (non-hydrogen) atoms. The van der Waals surface area contributed by atoms with Gasteiger partial charge >= 0.3 is 0 Å². The highest BCUT2D eigenvalue weighted by Crippen LogP contribution is 2.13. The van der Waals surface area contributed by atoms with Crippen molar-refractivity contribution in [2.24, 2.45) is 0 Å². The molecule has 0 fully saturated rings. The van der Waals surface area contributed by atoms with Crippen LogP contribution in [0.1, 0.15) is 155 Å². The van der Waals surface area contributed by atoms with E-state index in [1.807, 2.05) is 0 Å². The highest BCUT2D eigenvalue weighted by Gasteiger charge is 2.19. The largest absolute Gasteiger partial charge is 0.394 e. The first-order chi connectivity index (χ1) is 16.7. The van der Waals surface area contributed by atoms with Crippen LogP contribution in [0.5, 0.6) is 0 Å². The van der Waals surface area contributed by atoms with Crippen LogP contribution in [0.4, 0.5) is 0 Å². The SMILES string of the molecule is CCCCCC/C=C/CCCC[C@@H](O)[C@H](CO)NC(=O)CCCCCCCCCCCCCC.